The molecule has 7 unspecified atom stereocenters. The van der Waals surface area contributed by atoms with Crippen LogP contribution in [0.2, 0.25) is 0 Å². The maximum absolute atomic E-state index is 2.53. The molecule has 0 aromatic carbocycles. The van der Waals surface area contributed by atoms with E-state index in [9.17, 15) is 0 Å². The molecule has 0 heterocycles. The maximum atomic E-state index is 2.53. The Morgan fingerprint density at radius 3 is 2.00 bits per heavy atom. The fourth-order valence-electron chi connectivity index (χ4n) is 4.84. The molecule has 0 saturated heterocycles. The monoisotopic (exact) mass is 236 g/mol. The zero-order valence-electron chi connectivity index (χ0n) is 12.6. The van der Waals surface area contributed by atoms with Gasteiger partial charge in [-0.05, 0) is 60.7 Å². The van der Waals surface area contributed by atoms with Crippen molar-refractivity contribution < 1.29 is 0 Å². The Balaban J connectivity index is 2.08. The minimum atomic E-state index is 0.952. The quantitative estimate of drug-likeness (QED) is 0.573. The average Bonchev–Trinajstić information content (AvgIpc) is 2.27. The summed E-state index contributed by atoms with van der Waals surface area (Å²) in [7, 11) is 0. The summed E-state index contributed by atoms with van der Waals surface area (Å²) in [5, 5.41) is 0. The normalized spacial score (nSPS) is 52.4. The molecular formula is C17H32. The molecule has 0 N–H and O–H groups in total. The molecule has 2 aliphatic carbocycles. The van der Waals surface area contributed by atoms with Gasteiger partial charge in [0.25, 0.3) is 0 Å². The van der Waals surface area contributed by atoms with E-state index >= 15 is 0 Å². The topological polar surface area (TPSA) is 0 Å². The van der Waals surface area contributed by atoms with Crippen LogP contribution < -0.4 is 0 Å². The zero-order chi connectivity index (χ0) is 12.6. The lowest BCUT2D eigenvalue weighted by Crippen LogP contribution is -2.39. The van der Waals surface area contributed by atoms with Crippen LogP contribution in [0.1, 0.15) is 66.7 Å². The van der Waals surface area contributed by atoms with Crippen LogP contribution in [0.25, 0.3) is 0 Å². The van der Waals surface area contributed by atoms with Crippen molar-refractivity contribution >= 4 is 0 Å². The summed E-state index contributed by atoms with van der Waals surface area (Å²) in [5.41, 5.74) is 0. The van der Waals surface area contributed by atoms with Crippen molar-refractivity contribution in [2.75, 3.05) is 0 Å². The van der Waals surface area contributed by atoms with Crippen LogP contribution in [-0.4, -0.2) is 0 Å². The second-order valence-electron chi connectivity index (χ2n) is 7.51. The van der Waals surface area contributed by atoms with Gasteiger partial charge in [0.1, 0.15) is 0 Å². The van der Waals surface area contributed by atoms with Crippen molar-refractivity contribution in [3.8, 4) is 0 Å². The van der Waals surface area contributed by atoms with Crippen LogP contribution in [0.15, 0.2) is 0 Å². The van der Waals surface area contributed by atoms with Crippen LogP contribution in [0.5, 0.6) is 0 Å². The lowest BCUT2D eigenvalue weighted by Gasteiger charge is -2.47. The molecule has 0 nitrogen and oxygen atoms in total. The summed E-state index contributed by atoms with van der Waals surface area (Å²) < 4.78 is 0. The van der Waals surface area contributed by atoms with Gasteiger partial charge in [0.15, 0.2) is 0 Å². The minimum absolute atomic E-state index is 0.952. The van der Waals surface area contributed by atoms with Crippen molar-refractivity contribution in [1.29, 1.82) is 0 Å². The van der Waals surface area contributed by atoms with Crippen molar-refractivity contribution in [1.82, 2.24) is 0 Å². The van der Waals surface area contributed by atoms with E-state index in [1.54, 1.807) is 0 Å². The Morgan fingerprint density at radius 2 is 1.29 bits per heavy atom. The Labute approximate surface area is 109 Å². The highest BCUT2D eigenvalue weighted by molar-refractivity contribution is 4.89. The third-order valence-corrected chi connectivity index (χ3v) is 6.34. The molecule has 0 aliphatic heterocycles. The fraction of sp³-hybridized carbons (Fsp3) is 1.00. The van der Waals surface area contributed by atoms with Crippen LogP contribution in [0, 0.1) is 41.4 Å². The van der Waals surface area contributed by atoms with Gasteiger partial charge < -0.3 is 0 Å². The van der Waals surface area contributed by atoms with Gasteiger partial charge in [-0.15, -0.1) is 0 Å². The predicted octanol–water partition coefficient (Wildman–Crippen LogP) is 5.38. The largest absolute Gasteiger partial charge is 0.0625 e. The van der Waals surface area contributed by atoms with Gasteiger partial charge >= 0.3 is 0 Å². The van der Waals surface area contributed by atoms with Crippen LogP contribution in [-0.2, 0) is 0 Å². The highest BCUT2D eigenvalue weighted by Crippen LogP contribution is 2.48. The van der Waals surface area contributed by atoms with E-state index < -0.39 is 0 Å². The van der Waals surface area contributed by atoms with Gasteiger partial charge in [0.2, 0.25) is 0 Å². The summed E-state index contributed by atoms with van der Waals surface area (Å²) in [6.07, 6.45) is 7.45. The maximum Gasteiger partial charge on any atom is -0.0352 e. The third kappa shape index (κ3) is 2.71. The first-order chi connectivity index (χ1) is 8.00. The second kappa shape index (κ2) is 5.33. The summed E-state index contributed by atoms with van der Waals surface area (Å²) in [4.78, 5) is 0. The first-order valence-electron chi connectivity index (χ1n) is 8.00. The molecule has 7 atom stereocenters. The SMILES string of the molecule is CC1CC(C)C(C)C(C2CCCC(C)C2C)C1. The fourth-order valence-corrected chi connectivity index (χ4v) is 4.84. The number of hydrogen-bond donors (Lipinski definition) is 0. The highest BCUT2D eigenvalue weighted by Gasteiger charge is 2.40. The van der Waals surface area contributed by atoms with Gasteiger partial charge in [0.05, 0.1) is 0 Å². The van der Waals surface area contributed by atoms with Gasteiger partial charge in [-0.2, -0.15) is 0 Å². The summed E-state index contributed by atoms with van der Waals surface area (Å²) >= 11 is 0. The average molecular weight is 236 g/mol. The van der Waals surface area contributed by atoms with E-state index in [0.717, 1.165) is 41.4 Å². The van der Waals surface area contributed by atoms with Crippen molar-refractivity contribution in [3.05, 3.63) is 0 Å². The van der Waals surface area contributed by atoms with Crippen molar-refractivity contribution in [3.63, 3.8) is 0 Å². The lowest BCUT2D eigenvalue weighted by atomic mass is 9.59. The van der Waals surface area contributed by atoms with Crippen LogP contribution in [0.4, 0.5) is 0 Å². The van der Waals surface area contributed by atoms with Gasteiger partial charge in [0, 0.05) is 0 Å². The molecule has 2 rings (SSSR count). The highest BCUT2D eigenvalue weighted by atomic mass is 14.4. The molecule has 17 heavy (non-hydrogen) atoms. The molecule has 2 saturated carbocycles. The van der Waals surface area contributed by atoms with Crippen LogP contribution in [0.3, 0.4) is 0 Å². The van der Waals surface area contributed by atoms with E-state index in [4.69, 9.17) is 0 Å². The Kier molecular flexibility index (Phi) is 4.21. The predicted molar refractivity (Wildman–Crippen MR) is 75.9 cm³/mol. The molecule has 0 heteroatoms. The van der Waals surface area contributed by atoms with Gasteiger partial charge in [-0.3, -0.25) is 0 Å². The summed E-state index contributed by atoms with van der Waals surface area (Å²) in [5.74, 6) is 6.86. The number of rotatable bonds is 1. The van der Waals surface area contributed by atoms with E-state index in [-0.39, 0.29) is 0 Å². The second-order valence-corrected chi connectivity index (χ2v) is 7.51. The first-order valence-corrected chi connectivity index (χ1v) is 8.00. The van der Waals surface area contributed by atoms with Crippen molar-refractivity contribution in [2.45, 2.75) is 66.7 Å². The minimum Gasteiger partial charge on any atom is -0.0625 e. The Hall–Kier alpha value is 0. The van der Waals surface area contributed by atoms with E-state index in [0.29, 0.717) is 0 Å². The molecule has 0 bridgehead atoms. The van der Waals surface area contributed by atoms with E-state index in [1.165, 1.54) is 32.1 Å². The smallest absolute Gasteiger partial charge is 0.0352 e. The molecule has 0 radical (unpaired) electrons. The molecule has 0 amide bonds. The Morgan fingerprint density at radius 1 is 0.647 bits per heavy atom. The van der Waals surface area contributed by atoms with E-state index in [2.05, 4.69) is 34.6 Å². The number of hydrogen-bond acceptors (Lipinski definition) is 0. The molecule has 2 aliphatic rings. The van der Waals surface area contributed by atoms with Crippen molar-refractivity contribution in [2.24, 2.45) is 41.4 Å². The van der Waals surface area contributed by atoms with Crippen LogP contribution >= 0.6 is 0 Å². The summed E-state index contributed by atoms with van der Waals surface area (Å²) in [6.45, 7) is 12.5. The van der Waals surface area contributed by atoms with E-state index in [1.807, 2.05) is 0 Å². The first kappa shape index (κ1) is 13.4. The lowest BCUT2D eigenvalue weighted by molar-refractivity contribution is 0.0270. The molecule has 2 fully saturated rings. The standard InChI is InChI=1S/C17H32/c1-11-9-13(3)15(5)17(10-11)16-8-6-7-12(2)14(16)4/h11-17H,6-10H2,1-5H3. The molecular weight excluding hydrogens is 204 g/mol. The Bertz CT molecular complexity index is 244. The third-order valence-electron chi connectivity index (χ3n) is 6.34. The van der Waals surface area contributed by atoms with Gasteiger partial charge in [-0.25, -0.2) is 0 Å². The molecule has 100 valence electrons. The summed E-state index contributed by atoms with van der Waals surface area (Å²) in [6, 6.07) is 0. The molecule has 0 spiro atoms. The zero-order valence-corrected chi connectivity index (χ0v) is 12.6. The molecule has 0 aromatic rings. The molecule has 0 aromatic heterocycles. The van der Waals surface area contributed by atoms with Gasteiger partial charge in [-0.1, -0.05) is 47.5 Å².